The van der Waals surface area contributed by atoms with Gasteiger partial charge in [-0.15, -0.1) is 0 Å². The first-order chi connectivity index (χ1) is 14.9. The molecule has 162 valence electrons. The molecule has 0 fully saturated rings. The summed E-state index contributed by atoms with van der Waals surface area (Å²) in [7, 11) is -0.564. The van der Waals surface area contributed by atoms with Crippen LogP contribution < -0.4 is 19.5 Å². The SMILES string of the molecule is COc1cc2ncc3c(c2cc1OC)N(Cc1ccc(S(N)(=O)=O)cn1)CCC/C=C/3. The fourth-order valence-corrected chi connectivity index (χ4v) is 4.20. The standard InChI is InChI=1S/C22H24N4O4S/c1-29-20-10-18-19(11-21(20)30-2)25-12-15-6-4-3-5-9-26(22(15)18)14-16-7-8-17(13-24-16)31(23,27)28/h4,6-8,10-13H,3,5,9,14H2,1-2H3,(H2,23,27,28)/b6-4+. The van der Waals surface area contributed by atoms with Gasteiger partial charge in [-0.25, -0.2) is 13.6 Å². The molecule has 8 nitrogen and oxygen atoms in total. The largest absolute Gasteiger partial charge is 0.493 e. The number of methoxy groups -OCH3 is 2. The van der Waals surface area contributed by atoms with Crippen LogP contribution in [0.3, 0.4) is 0 Å². The summed E-state index contributed by atoms with van der Waals surface area (Å²) in [5.74, 6) is 1.25. The third-order valence-electron chi connectivity index (χ3n) is 5.26. The fraction of sp³-hybridized carbons (Fsp3) is 0.273. The molecule has 0 aliphatic carbocycles. The van der Waals surface area contributed by atoms with Crippen LogP contribution in [0.25, 0.3) is 17.0 Å². The Morgan fingerprint density at radius 3 is 2.55 bits per heavy atom. The smallest absolute Gasteiger partial charge is 0.239 e. The summed E-state index contributed by atoms with van der Waals surface area (Å²) in [6, 6.07) is 7.00. The Labute approximate surface area is 181 Å². The van der Waals surface area contributed by atoms with Crippen LogP contribution in [0.4, 0.5) is 5.69 Å². The molecule has 0 saturated heterocycles. The number of nitrogens with two attached hydrogens (primary N) is 1. The molecule has 1 aromatic carbocycles. The van der Waals surface area contributed by atoms with Crippen LogP contribution in [0.2, 0.25) is 0 Å². The van der Waals surface area contributed by atoms with E-state index < -0.39 is 10.0 Å². The van der Waals surface area contributed by atoms with Crippen LogP contribution in [0.15, 0.2) is 47.6 Å². The number of fused-ring (bicyclic) bond motifs is 3. The van der Waals surface area contributed by atoms with Crippen LogP contribution >= 0.6 is 0 Å². The van der Waals surface area contributed by atoms with Crippen LogP contribution in [0.1, 0.15) is 24.1 Å². The maximum Gasteiger partial charge on any atom is 0.239 e. The third kappa shape index (κ3) is 4.33. The van der Waals surface area contributed by atoms with E-state index in [1.165, 1.54) is 12.3 Å². The number of ether oxygens (including phenoxy) is 2. The normalized spacial score (nSPS) is 15.1. The molecule has 0 bridgehead atoms. The molecule has 0 saturated carbocycles. The van der Waals surface area contributed by atoms with Crippen molar-refractivity contribution in [2.75, 3.05) is 25.7 Å². The van der Waals surface area contributed by atoms with Crippen LogP contribution in [0.5, 0.6) is 11.5 Å². The maximum absolute atomic E-state index is 11.5. The zero-order chi connectivity index (χ0) is 22.0. The number of primary sulfonamides is 1. The molecule has 4 rings (SSSR count). The molecule has 31 heavy (non-hydrogen) atoms. The molecule has 1 aliphatic heterocycles. The van der Waals surface area contributed by atoms with Crippen molar-refractivity contribution in [2.24, 2.45) is 5.14 Å². The predicted octanol–water partition coefficient (Wildman–Crippen LogP) is 3.11. The van der Waals surface area contributed by atoms with Crippen molar-refractivity contribution in [3.05, 3.63) is 54.0 Å². The van der Waals surface area contributed by atoms with Crippen molar-refractivity contribution in [2.45, 2.75) is 24.3 Å². The van der Waals surface area contributed by atoms with Gasteiger partial charge in [0.1, 0.15) is 4.90 Å². The van der Waals surface area contributed by atoms with Gasteiger partial charge in [0, 0.05) is 36.0 Å². The van der Waals surface area contributed by atoms with Gasteiger partial charge in [0.15, 0.2) is 11.5 Å². The zero-order valence-corrected chi connectivity index (χ0v) is 18.2. The van der Waals surface area contributed by atoms with Gasteiger partial charge in [0.05, 0.1) is 37.7 Å². The van der Waals surface area contributed by atoms with Gasteiger partial charge in [-0.3, -0.25) is 9.97 Å². The molecular formula is C22H24N4O4S. The predicted molar refractivity (Wildman–Crippen MR) is 120 cm³/mol. The van der Waals surface area contributed by atoms with Crippen molar-refractivity contribution in [1.29, 1.82) is 0 Å². The van der Waals surface area contributed by atoms with E-state index in [1.54, 1.807) is 20.3 Å². The molecule has 1 aliphatic rings. The van der Waals surface area contributed by atoms with Gasteiger partial charge < -0.3 is 14.4 Å². The van der Waals surface area contributed by atoms with Gasteiger partial charge >= 0.3 is 0 Å². The maximum atomic E-state index is 11.5. The number of aromatic nitrogens is 2. The summed E-state index contributed by atoms with van der Waals surface area (Å²) in [5.41, 5.74) is 3.57. The number of allylic oxidation sites excluding steroid dienone is 1. The number of sulfonamides is 1. The minimum Gasteiger partial charge on any atom is -0.493 e. The average molecular weight is 441 g/mol. The second kappa shape index (κ2) is 8.52. The summed E-state index contributed by atoms with van der Waals surface area (Å²) >= 11 is 0. The van der Waals surface area contributed by atoms with Crippen LogP contribution in [-0.4, -0.2) is 39.2 Å². The topological polar surface area (TPSA) is 108 Å². The fourth-order valence-electron chi connectivity index (χ4n) is 3.74. The first-order valence-corrected chi connectivity index (χ1v) is 11.4. The molecule has 3 aromatic rings. The molecule has 0 amide bonds. The Balaban J connectivity index is 1.82. The van der Waals surface area contributed by atoms with E-state index >= 15 is 0 Å². The van der Waals surface area contributed by atoms with Crippen molar-refractivity contribution in [3.8, 4) is 11.5 Å². The minimum atomic E-state index is -3.77. The van der Waals surface area contributed by atoms with Gasteiger partial charge in [0.2, 0.25) is 10.0 Å². The Bertz CT molecular complexity index is 1240. The van der Waals surface area contributed by atoms with E-state index in [9.17, 15) is 8.42 Å². The zero-order valence-electron chi connectivity index (χ0n) is 17.4. The minimum absolute atomic E-state index is 0.00117. The lowest BCUT2D eigenvalue weighted by Crippen LogP contribution is -2.26. The molecule has 9 heteroatoms. The van der Waals surface area contributed by atoms with E-state index in [0.29, 0.717) is 18.0 Å². The summed E-state index contributed by atoms with van der Waals surface area (Å²) in [5, 5.41) is 6.14. The molecule has 0 atom stereocenters. The summed E-state index contributed by atoms with van der Waals surface area (Å²) in [4.78, 5) is 11.2. The highest BCUT2D eigenvalue weighted by Crippen LogP contribution is 2.39. The number of nitrogens with zero attached hydrogens (tertiary/aromatic N) is 3. The molecule has 0 spiro atoms. The lowest BCUT2D eigenvalue weighted by atomic mass is 10.0. The van der Waals surface area contributed by atoms with Crippen LogP contribution in [-0.2, 0) is 16.6 Å². The van der Waals surface area contributed by atoms with E-state index in [2.05, 4.69) is 27.0 Å². The van der Waals surface area contributed by atoms with E-state index in [-0.39, 0.29) is 4.90 Å². The Morgan fingerprint density at radius 2 is 1.87 bits per heavy atom. The van der Waals surface area contributed by atoms with Gasteiger partial charge in [-0.05, 0) is 31.0 Å². The Morgan fingerprint density at radius 1 is 1.10 bits per heavy atom. The second-order valence-electron chi connectivity index (χ2n) is 7.28. The number of hydrogen-bond donors (Lipinski definition) is 1. The van der Waals surface area contributed by atoms with Gasteiger partial charge in [-0.2, -0.15) is 0 Å². The number of pyridine rings is 2. The highest BCUT2D eigenvalue weighted by Gasteiger charge is 2.20. The molecule has 2 aromatic heterocycles. The number of hydrogen-bond acceptors (Lipinski definition) is 7. The highest BCUT2D eigenvalue weighted by molar-refractivity contribution is 7.89. The van der Waals surface area contributed by atoms with E-state index in [1.807, 2.05) is 18.3 Å². The monoisotopic (exact) mass is 440 g/mol. The highest BCUT2D eigenvalue weighted by atomic mass is 32.2. The van der Waals surface area contributed by atoms with E-state index in [4.69, 9.17) is 14.6 Å². The first-order valence-electron chi connectivity index (χ1n) is 9.84. The van der Waals surface area contributed by atoms with Crippen molar-refractivity contribution in [1.82, 2.24) is 9.97 Å². The van der Waals surface area contributed by atoms with Crippen molar-refractivity contribution in [3.63, 3.8) is 0 Å². The second-order valence-corrected chi connectivity index (χ2v) is 8.84. The lowest BCUT2D eigenvalue weighted by Gasteiger charge is -2.29. The molecule has 0 unspecified atom stereocenters. The number of rotatable bonds is 5. The summed E-state index contributed by atoms with van der Waals surface area (Å²) in [6.07, 6.45) is 9.33. The quantitative estimate of drug-likeness (QED) is 0.649. The third-order valence-corrected chi connectivity index (χ3v) is 6.16. The average Bonchev–Trinajstić information content (AvgIpc) is 2.74. The summed E-state index contributed by atoms with van der Waals surface area (Å²) in [6.45, 7) is 1.32. The van der Waals surface area contributed by atoms with Gasteiger partial charge in [0.25, 0.3) is 0 Å². The number of benzene rings is 1. The lowest BCUT2D eigenvalue weighted by molar-refractivity contribution is 0.356. The molecule has 0 radical (unpaired) electrons. The van der Waals surface area contributed by atoms with Crippen molar-refractivity contribution >= 4 is 32.7 Å². The Hall–Kier alpha value is -3.17. The molecule has 2 N–H and O–H groups in total. The Kier molecular flexibility index (Phi) is 5.79. The van der Waals surface area contributed by atoms with Crippen molar-refractivity contribution < 1.29 is 17.9 Å². The molecular weight excluding hydrogens is 416 g/mol. The number of anilines is 1. The van der Waals surface area contributed by atoms with E-state index in [0.717, 1.165) is 47.2 Å². The summed E-state index contributed by atoms with van der Waals surface area (Å²) < 4.78 is 34.0. The van der Waals surface area contributed by atoms with Gasteiger partial charge in [-0.1, -0.05) is 12.2 Å². The first kappa shape index (κ1) is 21.1. The molecule has 3 heterocycles. The van der Waals surface area contributed by atoms with Crippen LogP contribution in [0, 0.1) is 0 Å².